The molecule has 41 heavy (non-hydrogen) atoms. The van der Waals surface area contributed by atoms with Gasteiger partial charge in [0, 0.05) is 24.7 Å². The van der Waals surface area contributed by atoms with Gasteiger partial charge in [-0.3, -0.25) is 0 Å². The number of hydrogen-bond donors (Lipinski definition) is 0. The Labute approximate surface area is 245 Å². The number of hydrogen-bond acceptors (Lipinski definition) is 3. The second kappa shape index (κ2) is 12.3. The van der Waals surface area contributed by atoms with E-state index in [0.29, 0.717) is 26.1 Å². The molecule has 0 N–H and O–H groups in total. The van der Waals surface area contributed by atoms with Gasteiger partial charge in [-0.25, -0.2) is 0 Å². The largest absolute Gasteiger partial charge is 0.349 e. The summed E-state index contributed by atoms with van der Waals surface area (Å²) in [5.74, 6) is -1.60. The third kappa shape index (κ3) is 5.90. The smallest absolute Gasteiger partial charge is 0.182 e. The predicted molar refractivity (Wildman–Crippen MR) is 165 cm³/mol. The molecule has 0 bridgehead atoms. The molecule has 2 aliphatic heterocycles. The third-order valence-corrected chi connectivity index (χ3v) is 9.09. The third-order valence-electron chi connectivity index (χ3n) is 9.09. The maximum Gasteiger partial charge on any atom is 0.182 e. The van der Waals surface area contributed by atoms with Gasteiger partial charge in [-0.05, 0) is 72.9 Å². The Morgan fingerprint density at radius 3 is 1.37 bits per heavy atom. The molecule has 4 atom stereocenters. The van der Waals surface area contributed by atoms with Gasteiger partial charge in [0.25, 0.3) is 0 Å². The minimum atomic E-state index is -0.876. The van der Waals surface area contributed by atoms with Gasteiger partial charge in [0.05, 0.1) is 13.2 Å². The normalized spacial score (nSPS) is 26.5. The number of ether oxygens (including phenoxy) is 3. The fourth-order valence-electron chi connectivity index (χ4n) is 7.12. The van der Waals surface area contributed by atoms with Gasteiger partial charge in [-0.15, -0.1) is 0 Å². The SMILES string of the molecule is Cc1ccccc1C1CCCOC1(Cc1ccccc1)OC1(Cc2ccccc2)OCCCC1c1ccccc1C. The van der Waals surface area contributed by atoms with Crippen molar-refractivity contribution in [2.75, 3.05) is 13.2 Å². The van der Waals surface area contributed by atoms with E-state index in [1.807, 2.05) is 0 Å². The quantitative estimate of drug-likeness (QED) is 0.221. The lowest BCUT2D eigenvalue weighted by Gasteiger charge is -2.53. The van der Waals surface area contributed by atoms with Crippen LogP contribution in [0.15, 0.2) is 109 Å². The van der Waals surface area contributed by atoms with E-state index in [4.69, 9.17) is 14.2 Å². The van der Waals surface area contributed by atoms with Crippen LogP contribution in [-0.2, 0) is 27.1 Å². The van der Waals surface area contributed by atoms with Crippen molar-refractivity contribution in [3.63, 3.8) is 0 Å². The van der Waals surface area contributed by atoms with Crippen LogP contribution in [0.4, 0.5) is 0 Å². The van der Waals surface area contributed by atoms with Crippen LogP contribution in [0.2, 0.25) is 0 Å². The Hall–Kier alpha value is -3.24. The van der Waals surface area contributed by atoms with Gasteiger partial charge in [0.15, 0.2) is 11.6 Å². The summed E-state index contributed by atoms with van der Waals surface area (Å²) in [6.07, 6.45) is 5.35. The number of rotatable bonds is 8. The number of aryl methyl sites for hydroxylation is 2. The van der Waals surface area contributed by atoms with Crippen molar-refractivity contribution < 1.29 is 14.2 Å². The van der Waals surface area contributed by atoms with E-state index >= 15 is 0 Å². The minimum Gasteiger partial charge on any atom is -0.349 e. The Kier molecular flexibility index (Phi) is 8.39. The summed E-state index contributed by atoms with van der Waals surface area (Å²) < 4.78 is 21.7. The second-order valence-electron chi connectivity index (χ2n) is 11.9. The highest BCUT2D eigenvalue weighted by molar-refractivity contribution is 5.35. The van der Waals surface area contributed by atoms with Gasteiger partial charge >= 0.3 is 0 Å². The van der Waals surface area contributed by atoms with Crippen molar-refractivity contribution in [1.29, 1.82) is 0 Å². The molecule has 3 heteroatoms. The zero-order chi connectivity index (χ0) is 28.1. The van der Waals surface area contributed by atoms with Crippen LogP contribution in [0, 0.1) is 13.8 Å². The maximum absolute atomic E-state index is 7.72. The lowest BCUT2D eigenvalue weighted by molar-refractivity contribution is -0.387. The molecule has 0 spiro atoms. The lowest BCUT2D eigenvalue weighted by Crippen LogP contribution is -2.58. The molecule has 212 valence electrons. The van der Waals surface area contributed by atoms with Gasteiger partial charge < -0.3 is 14.2 Å². The molecule has 3 nitrogen and oxygen atoms in total. The second-order valence-corrected chi connectivity index (χ2v) is 11.9. The van der Waals surface area contributed by atoms with E-state index in [0.717, 1.165) is 25.7 Å². The fourth-order valence-corrected chi connectivity index (χ4v) is 7.12. The molecule has 4 aromatic rings. The molecule has 6 rings (SSSR count). The van der Waals surface area contributed by atoms with Gasteiger partial charge in [0.1, 0.15) is 0 Å². The first kappa shape index (κ1) is 27.9. The molecule has 0 saturated carbocycles. The summed E-state index contributed by atoms with van der Waals surface area (Å²) >= 11 is 0. The van der Waals surface area contributed by atoms with Crippen LogP contribution in [-0.4, -0.2) is 24.8 Å². The lowest BCUT2D eigenvalue weighted by atomic mass is 9.77. The van der Waals surface area contributed by atoms with E-state index < -0.39 is 11.6 Å². The predicted octanol–water partition coefficient (Wildman–Crippen LogP) is 8.69. The van der Waals surface area contributed by atoms with Crippen molar-refractivity contribution in [3.05, 3.63) is 143 Å². The average Bonchev–Trinajstić information content (AvgIpc) is 3.00. The molecular formula is C38H42O3. The van der Waals surface area contributed by atoms with Crippen LogP contribution in [0.1, 0.15) is 70.9 Å². The fraction of sp³-hybridized carbons (Fsp3) is 0.368. The Bertz CT molecular complexity index is 1310. The molecule has 4 unspecified atom stereocenters. The summed E-state index contributed by atoms with van der Waals surface area (Å²) in [5, 5.41) is 0. The van der Waals surface area contributed by atoms with Crippen molar-refractivity contribution >= 4 is 0 Å². The van der Waals surface area contributed by atoms with Crippen LogP contribution in [0.3, 0.4) is 0 Å². The van der Waals surface area contributed by atoms with E-state index in [2.05, 4.69) is 123 Å². The highest BCUT2D eigenvalue weighted by Gasteiger charge is 2.55. The van der Waals surface area contributed by atoms with E-state index in [1.54, 1.807) is 0 Å². The molecule has 2 aliphatic rings. The first-order chi connectivity index (χ1) is 20.1. The summed E-state index contributed by atoms with van der Waals surface area (Å²) in [7, 11) is 0. The maximum atomic E-state index is 7.72. The molecule has 2 fully saturated rings. The Morgan fingerprint density at radius 2 is 0.951 bits per heavy atom. The first-order valence-corrected chi connectivity index (χ1v) is 15.3. The van der Waals surface area contributed by atoms with E-state index in [1.165, 1.54) is 33.4 Å². The molecule has 4 aromatic carbocycles. The zero-order valence-electron chi connectivity index (χ0n) is 24.4. The van der Waals surface area contributed by atoms with Crippen LogP contribution in [0.25, 0.3) is 0 Å². The molecule has 2 heterocycles. The van der Waals surface area contributed by atoms with Crippen molar-refractivity contribution in [3.8, 4) is 0 Å². The van der Waals surface area contributed by atoms with Crippen LogP contribution >= 0.6 is 0 Å². The van der Waals surface area contributed by atoms with Crippen molar-refractivity contribution in [1.82, 2.24) is 0 Å². The number of benzene rings is 4. The molecular weight excluding hydrogens is 504 g/mol. The summed E-state index contributed by atoms with van der Waals surface area (Å²) in [6, 6.07) is 38.9. The standard InChI is InChI=1S/C38H42O3/c1-29-15-9-11-21-33(29)35-23-13-25-39-37(35,27-31-17-5-3-6-18-31)41-38(28-32-19-7-4-8-20-32)36(24-14-26-40-38)34-22-12-10-16-30(34)2/h3-12,15-22,35-36H,13-14,23-28H2,1-2H3. The van der Waals surface area contributed by atoms with Gasteiger partial charge in [0.2, 0.25) is 0 Å². The molecule has 0 amide bonds. The topological polar surface area (TPSA) is 27.7 Å². The minimum absolute atomic E-state index is 0.0772. The monoisotopic (exact) mass is 546 g/mol. The molecule has 2 saturated heterocycles. The van der Waals surface area contributed by atoms with Gasteiger partial charge in [-0.1, -0.05) is 109 Å². The van der Waals surface area contributed by atoms with Crippen LogP contribution < -0.4 is 0 Å². The first-order valence-electron chi connectivity index (χ1n) is 15.3. The van der Waals surface area contributed by atoms with Crippen molar-refractivity contribution in [2.45, 2.75) is 75.8 Å². The summed E-state index contributed by atoms with van der Waals surface area (Å²) in [5.41, 5.74) is 7.60. The molecule has 0 aliphatic carbocycles. The Morgan fingerprint density at radius 1 is 0.561 bits per heavy atom. The molecule has 0 radical (unpaired) electrons. The average molecular weight is 547 g/mol. The highest BCUT2D eigenvalue weighted by Crippen LogP contribution is 2.51. The van der Waals surface area contributed by atoms with Crippen LogP contribution in [0.5, 0.6) is 0 Å². The van der Waals surface area contributed by atoms with Crippen molar-refractivity contribution in [2.24, 2.45) is 0 Å². The van der Waals surface area contributed by atoms with E-state index in [9.17, 15) is 0 Å². The molecule has 0 aromatic heterocycles. The van der Waals surface area contributed by atoms with E-state index in [-0.39, 0.29) is 11.8 Å². The zero-order valence-corrected chi connectivity index (χ0v) is 24.4. The summed E-state index contributed by atoms with van der Waals surface area (Å²) in [4.78, 5) is 0. The van der Waals surface area contributed by atoms with Gasteiger partial charge in [-0.2, -0.15) is 0 Å². The highest BCUT2D eigenvalue weighted by atomic mass is 16.8. The Balaban J connectivity index is 1.52. The summed E-state index contributed by atoms with van der Waals surface area (Å²) in [6.45, 7) is 5.77.